The van der Waals surface area contributed by atoms with E-state index in [0.717, 1.165) is 54.1 Å². The number of hydrogen-bond acceptors (Lipinski definition) is 0. The fraction of sp³-hybridized carbons (Fsp3) is 0.704. The van der Waals surface area contributed by atoms with E-state index in [1.54, 1.807) is 12.1 Å². The minimum atomic E-state index is -0.346. The lowest BCUT2D eigenvalue weighted by molar-refractivity contribution is 0.0693. The van der Waals surface area contributed by atoms with Gasteiger partial charge in [0.2, 0.25) is 0 Å². The van der Waals surface area contributed by atoms with Crippen molar-refractivity contribution in [3.8, 4) is 0 Å². The predicted octanol–water partition coefficient (Wildman–Crippen LogP) is 7.82. The predicted molar refractivity (Wildman–Crippen MR) is 117 cm³/mol. The Bertz CT molecular complexity index is 722. The molecule has 29 heavy (non-hydrogen) atoms. The molecule has 5 unspecified atom stereocenters. The smallest absolute Gasteiger partial charge is 0.132 e. The zero-order valence-corrected chi connectivity index (χ0v) is 18.2. The van der Waals surface area contributed by atoms with E-state index in [4.69, 9.17) is 0 Å². The third-order valence-corrected chi connectivity index (χ3v) is 8.48. The summed E-state index contributed by atoms with van der Waals surface area (Å²) < 4.78 is 29.5. The molecule has 5 atom stereocenters. The van der Waals surface area contributed by atoms with Crippen LogP contribution in [0.5, 0.6) is 0 Å². The number of fused-ring (bicyclic) bond motifs is 2. The Morgan fingerprint density at radius 3 is 2.48 bits per heavy atom. The number of rotatable bonds is 6. The lowest BCUT2D eigenvalue weighted by Gasteiger charge is -2.45. The molecule has 1 aromatic carbocycles. The minimum Gasteiger partial charge on any atom is -0.207 e. The first-order chi connectivity index (χ1) is 14.1. The molecule has 0 bridgehead atoms. The standard InChI is InChI=1S/C27H38F2/c1-3-5-7-25-26(28)17-23-16-22(12-13-24(23)27(25)29)21-11-10-19-14-18(6-4-2)8-9-20(19)15-21/h3,17-22H,1,4-16H2,2H3. The highest BCUT2D eigenvalue weighted by molar-refractivity contribution is 5.37. The Labute approximate surface area is 176 Å². The molecule has 0 aromatic heterocycles. The van der Waals surface area contributed by atoms with Crippen LogP contribution in [0.4, 0.5) is 8.78 Å². The zero-order valence-electron chi connectivity index (χ0n) is 18.2. The van der Waals surface area contributed by atoms with Crippen molar-refractivity contribution in [3.05, 3.63) is 47.0 Å². The number of halogens is 2. The highest BCUT2D eigenvalue weighted by Gasteiger charge is 2.38. The van der Waals surface area contributed by atoms with Crippen LogP contribution in [-0.2, 0) is 19.3 Å². The van der Waals surface area contributed by atoms with E-state index < -0.39 is 0 Å². The van der Waals surface area contributed by atoms with Crippen molar-refractivity contribution in [2.75, 3.05) is 0 Å². The van der Waals surface area contributed by atoms with Crippen LogP contribution in [-0.4, -0.2) is 0 Å². The van der Waals surface area contributed by atoms with Crippen LogP contribution in [0.1, 0.15) is 87.8 Å². The van der Waals surface area contributed by atoms with Crippen LogP contribution in [0.25, 0.3) is 0 Å². The second-order valence-corrected chi connectivity index (χ2v) is 10.2. The molecule has 4 rings (SSSR count). The maximum atomic E-state index is 15.0. The molecule has 0 heterocycles. The van der Waals surface area contributed by atoms with E-state index in [-0.39, 0.29) is 17.2 Å². The van der Waals surface area contributed by atoms with Gasteiger partial charge < -0.3 is 0 Å². The van der Waals surface area contributed by atoms with Gasteiger partial charge in [0.1, 0.15) is 11.6 Å². The Hall–Kier alpha value is -1.18. The van der Waals surface area contributed by atoms with Crippen molar-refractivity contribution in [1.82, 2.24) is 0 Å². The van der Waals surface area contributed by atoms with Gasteiger partial charge in [-0.15, -0.1) is 6.58 Å². The van der Waals surface area contributed by atoms with Crippen molar-refractivity contribution in [2.45, 2.75) is 90.4 Å². The van der Waals surface area contributed by atoms with E-state index in [2.05, 4.69) is 13.5 Å². The van der Waals surface area contributed by atoms with Gasteiger partial charge in [-0.05, 0) is 111 Å². The van der Waals surface area contributed by atoms with E-state index in [9.17, 15) is 8.78 Å². The summed E-state index contributed by atoms with van der Waals surface area (Å²) in [5.41, 5.74) is 2.02. The third-order valence-electron chi connectivity index (χ3n) is 8.48. The molecule has 0 saturated heterocycles. The van der Waals surface area contributed by atoms with Gasteiger partial charge in [0.05, 0.1) is 0 Å². The lowest BCUT2D eigenvalue weighted by atomic mass is 9.61. The van der Waals surface area contributed by atoms with Gasteiger partial charge in [0.25, 0.3) is 0 Å². The molecule has 2 fully saturated rings. The van der Waals surface area contributed by atoms with Gasteiger partial charge in [0, 0.05) is 5.56 Å². The highest BCUT2D eigenvalue weighted by Crippen LogP contribution is 2.49. The Morgan fingerprint density at radius 1 is 1.00 bits per heavy atom. The van der Waals surface area contributed by atoms with E-state index in [0.29, 0.717) is 18.8 Å². The van der Waals surface area contributed by atoms with Gasteiger partial charge in [0.15, 0.2) is 0 Å². The molecule has 0 radical (unpaired) electrons. The number of allylic oxidation sites excluding steroid dienone is 1. The molecule has 2 heteroatoms. The summed E-state index contributed by atoms with van der Waals surface area (Å²) in [6.07, 6.45) is 16.7. The molecule has 0 N–H and O–H groups in total. The van der Waals surface area contributed by atoms with Crippen LogP contribution in [0.3, 0.4) is 0 Å². The van der Waals surface area contributed by atoms with Gasteiger partial charge in [-0.25, -0.2) is 8.78 Å². The quantitative estimate of drug-likeness (QED) is 0.427. The summed E-state index contributed by atoms with van der Waals surface area (Å²) in [6, 6.07) is 1.66. The summed E-state index contributed by atoms with van der Waals surface area (Å²) in [4.78, 5) is 0. The Kier molecular flexibility index (Phi) is 6.76. The molecule has 0 spiro atoms. The number of hydrogen-bond donors (Lipinski definition) is 0. The molecule has 3 aliphatic rings. The van der Waals surface area contributed by atoms with Crippen LogP contribution in [0.2, 0.25) is 0 Å². The second kappa shape index (κ2) is 9.31. The van der Waals surface area contributed by atoms with E-state index in [1.165, 1.54) is 51.4 Å². The third kappa shape index (κ3) is 4.47. The maximum absolute atomic E-state index is 15.0. The average molecular weight is 401 g/mol. The largest absolute Gasteiger partial charge is 0.207 e. The molecule has 0 aliphatic heterocycles. The fourth-order valence-corrected chi connectivity index (χ4v) is 6.92. The molecule has 1 aromatic rings. The minimum absolute atomic E-state index is 0.266. The molecular weight excluding hydrogens is 362 g/mol. The van der Waals surface area contributed by atoms with Crippen molar-refractivity contribution < 1.29 is 8.78 Å². The Morgan fingerprint density at radius 2 is 1.72 bits per heavy atom. The van der Waals surface area contributed by atoms with Crippen molar-refractivity contribution >= 4 is 0 Å². The van der Waals surface area contributed by atoms with Crippen LogP contribution < -0.4 is 0 Å². The first-order valence-corrected chi connectivity index (χ1v) is 12.2. The SMILES string of the molecule is C=CCCc1c(F)cc2c(c1F)CCC(C1CCC3CC(CCC)CCC3C1)C2. The van der Waals surface area contributed by atoms with Crippen molar-refractivity contribution in [3.63, 3.8) is 0 Å². The summed E-state index contributed by atoms with van der Waals surface area (Å²) >= 11 is 0. The molecule has 3 aliphatic carbocycles. The molecule has 2 saturated carbocycles. The lowest BCUT2D eigenvalue weighted by Crippen LogP contribution is -2.35. The van der Waals surface area contributed by atoms with Gasteiger partial charge in [-0.2, -0.15) is 0 Å². The van der Waals surface area contributed by atoms with Crippen LogP contribution in [0.15, 0.2) is 18.7 Å². The van der Waals surface area contributed by atoms with Crippen molar-refractivity contribution in [2.24, 2.45) is 29.6 Å². The van der Waals surface area contributed by atoms with E-state index >= 15 is 0 Å². The zero-order chi connectivity index (χ0) is 20.4. The first kappa shape index (κ1) is 21.1. The normalized spacial score (nSPS) is 31.8. The van der Waals surface area contributed by atoms with Gasteiger partial charge in [-0.3, -0.25) is 0 Å². The summed E-state index contributed by atoms with van der Waals surface area (Å²) in [5.74, 6) is 3.61. The van der Waals surface area contributed by atoms with Crippen LogP contribution >= 0.6 is 0 Å². The van der Waals surface area contributed by atoms with Gasteiger partial charge in [-0.1, -0.05) is 32.3 Å². The van der Waals surface area contributed by atoms with Crippen molar-refractivity contribution in [1.29, 1.82) is 0 Å². The monoisotopic (exact) mass is 400 g/mol. The fourth-order valence-electron chi connectivity index (χ4n) is 6.92. The summed E-state index contributed by atoms with van der Waals surface area (Å²) in [6.45, 7) is 6.00. The maximum Gasteiger partial charge on any atom is 0.132 e. The van der Waals surface area contributed by atoms with Gasteiger partial charge >= 0.3 is 0 Å². The van der Waals surface area contributed by atoms with Crippen LogP contribution in [0, 0.1) is 41.2 Å². The molecular formula is C27H38F2. The summed E-state index contributed by atoms with van der Waals surface area (Å²) in [7, 11) is 0. The molecule has 160 valence electrons. The first-order valence-electron chi connectivity index (χ1n) is 12.2. The second-order valence-electron chi connectivity index (χ2n) is 10.2. The van der Waals surface area contributed by atoms with E-state index in [1.807, 2.05) is 0 Å². The molecule has 0 amide bonds. The summed E-state index contributed by atoms with van der Waals surface area (Å²) in [5, 5.41) is 0. The Balaban J connectivity index is 1.41. The topological polar surface area (TPSA) is 0 Å². The highest BCUT2D eigenvalue weighted by atomic mass is 19.1. The number of benzene rings is 1. The molecule has 0 nitrogen and oxygen atoms in total. The average Bonchev–Trinajstić information content (AvgIpc) is 2.73.